The quantitative estimate of drug-likeness (QED) is 0.850. The van der Waals surface area contributed by atoms with Crippen LogP contribution in [-0.4, -0.2) is 18.4 Å². The number of carbonyl (C=O) groups is 1. The first-order valence-corrected chi connectivity index (χ1v) is 8.33. The number of carbonyl (C=O) groups excluding carboxylic acids is 1. The highest BCUT2D eigenvalue weighted by Gasteiger charge is 2.21. The van der Waals surface area contributed by atoms with Crippen LogP contribution in [-0.2, 0) is 17.8 Å². The maximum absolute atomic E-state index is 12.1. The maximum atomic E-state index is 12.1. The van der Waals surface area contributed by atoms with Crippen molar-refractivity contribution >= 4 is 5.78 Å². The molecule has 1 saturated heterocycles. The minimum absolute atomic E-state index is 0.0866. The van der Waals surface area contributed by atoms with Gasteiger partial charge in [0.05, 0.1) is 6.04 Å². The number of aryl methyl sites for hydroxylation is 1. The first-order chi connectivity index (χ1) is 11.3. The van der Waals surface area contributed by atoms with Crippen molar-refractivity contribution in [1.29, 1.82) is 0 Å². The Morgan fingerprint density at radius 2 is 1.83 bits per heavy atom. The molecule has 3 rings (SSSR count). The largest absolute Gasteiger partial charge is 0.489 e. The zero-order valence-corrected chi connectivity index (χ0v) is 13.3. The lowest BCUT2D eigenvalue weighted by Crippen LogP contribution is -2.30. The Hall–Kier alpha value is -2.13. The van der Waals surface area contributed by atoms with E-state index in [4.69, 9.17) is 4.74 Å². The molecule has 1 heterocycles. The molecule has 0 amide bonds. The first-order valence-electron chi connectivity index (χ1n) is 8.33. The van der Waals surface area contributed by atoms with Gasteiger partial charge in [0, 0.05) is 6.42 Å². The molecule has 0 saturated carbocycles. The van der Waals surface area contributed by atoms with Gasteiger partial charge in [0.15, 0.2) is 0 Å². The summed E-state index contributed by atoms with van der Waals surface area (Å²) in [7, 11) is 0. The fourth-order valence-corrected chi connectivity index (χ4v) is 2.89. The van der Waals surface area contributed by atoms with Crippen LogP contribution in [0.25, 0.3) is 0 Å². The molecule has 0 bridgehead atoms. The van der Waals surface area contributed by atoms with E-state index in [0.717, 1.165) is 37.1 Å². The summed E-state index contributed by atoms with van der Waals surface area (Å²) in [4.78, 5) is 12.1. The van der Waals surface area contributed by atoms with Crippen LogP contribution in [0.5, 0.6) is 5.75 Å². The van der Waals surface area contributed by atoms with Gasteiger partial charge in [0.1, 0.15) is 18.1 Å². The van der Waals surface area contributed by atoms with Gasteiger partial charge in [-0.05, 0) is 49.1 Å². The Kier molecular flexibility index (Phi) is 5.43. The molecule has 1 N–H and O–H groups in total. The van der Waals surface area contributed by atoms with Gasteiger partial charge in [-0.2, -0.15) is 0 Å². The maximum Gasteiger partial charge on any atom is 0.150 e. The second-order valence-corrected chi connectivity index (χ2v) is 6.03. The van der Waals surface area contributed by atoms with E-state index in [1.165, 1.54) is 5.56 Å². The van der Waals surface area contributed by atoms with Gasteiger partial charge in [0.2, 0.25) is 0 Å². The van der Waals surface area contributed by atoms with E-state index in [-0.39, 0.29) is 6.04 Å². The average Bonchev–Trinajstić information content (AvgIpc) is 3.14. The van der Waals surface area contributed by atoms with Crippen molar-refractivity contribution in [2.24, 2.45) is 0 Å². The molecule has 1 fully saturated rings. The Bertz CT molecular complexity index is 616. The van der Waals surface area contributed by atoms with Gasteiger partial charge in [-0.1, -0.05) is 42.5 Å². The molecule has 2 aromatic rings. The van der Waals surface area contributed by atoms with E-state index in [1.54, 1.807) is 0 Å². The second-order valence-electron chi connectivity index (χ2n) is 6.03. The van der Waals surface area contributed by atoms with Crippen molar-refractivity contribution in [2.75, 3.05) is 6.54 Å². The Morgan fingerprint density at radius 1 is 1.04 bits per heavy atom. The summed E-state index contributed by atoms with van der Waals surface area (Å²) in [5, 5.41) is 3.26. The lowest BCUT2D eigenvalue weighted by Gasteiger charge is -2.09. The molecule has 0 aromatic heterocycles. The summed E-state index contributed by atoms with van der Waals surface area (Å²) >= 11 is 0. The van der Waals surface area contributed by atoms with Gasteiger partial charge >= 0.3 is 0 Å². The topological polar surface area (TPSA) is 38.3 Å². The molecule has 120 valence electrons. The minimum Gasteiger partial charge on any atom is -0.489 e. The van der Waals surface area contributed by atoms with E-state index >= 15 is 0 Å². The summed E-state index contributed by atoms with van der Waals surface area (Å²) in [6.45, 7) is 1.55. The summed E-state index contributed by atoms with van der Waals surface area (Å²) in [6.07, 6.45) is 3.52. The van der Waals surface area contributed by atoms with E-state index in [0.29, 0.717) is 18.8 Å². The monoisotopic (exact) mass is 309 g/mol. The zero-order valence-electron chi connectivity index (χ0n) is 13.3. The number of ether oxygens (including phenoxy) is 1. The van der Waals surface area contributed by atoms with Gasteiger partial charge in [-0.25, -0.2) is 0 Å². The standard InChI is InChI=1S/C20H23NO2/c22-20(19-7-4-14-21-19)13-10-16-8-11-18(12-9-16)23-15-17-5-2-1-3-6-17/h1-3,5-6,8-9,11-12,19,21H,4,7,10,13-15H2. The third kappa shape index (κ3) is 4.67. The fourth-order valence-electron chi connectivity index (χ4n) is 2.89. The molecule has 1 atom stereocenters. The van der Waals surface area contributed by atoms with Gasteiger partial charge in [-0.15, -0.1) is 0 Å². The summed E-state index contributed by atoms with van der Waals surface area (Å²) in [5.74, 6) is 1.20. The molecule has 1 aliphatic rings. The smallest absolute Gasteiger partial charge is 0.150 e. The molecule has 0 radical (unpaired) electrons. The van der Waals surface area contributed by atoms with Crippen LogP contribution in [0.4, 0.5) is 0 Å². The molecule has 1 unspecified atom stereocenters. The molecule has 1 aliphatic heterocycles. The van der Waals surface area contributed by atoms with Crippen molar-refractivity contribution in [1.82, 2.24) is 5.32 Å². The van der Waals surface area contributed by atoms with Crippen molar-refractivity contribution in [3.63, 3.8) is 0 Å². The number of ketones is 1. The SMILES string of the molecule is O=C(CCc1ccc(OCc2ccccc2)cc1)C1CCCN1. The molecule has 23 heavy (non-hydrogen) atoms. The van der Waals surface area contributed by atoms with Crippen LogP contribution in [0.1, 0.15) is 30.4 Å². The predicted molar refractivity (Wildman–Crippen MR) is 91.6 cm³/mol. The molecule has 3 nitrogen and oxygen atoms in total. The first kappa shape index (κ1) is 15.8. The number of benzene rings is 2. The number of rotatable bonds is 7. The molecule has 2 aromatic carbocycles. The molecule has 3 heteroatoms. The summed E-state index contributed by atoms with van der Waals surface area (Å²) in [6, 6.07) is 18.3. The predicted octanol–water partition coefficient (Wildman–Crippen LogP) is 3.52. The van der Waals surface area contributed by atoms with E-state index in [9.17, 15) is 4.79 Å². The number of hydrogen-bond acceptors (Lipinski definition) is 3. The van der Waals surface area contributed by atoms with Crippen molar-refractivity contribution in [2.45, 2.75) is 38.3 Å². The van der Waals surface area contributed by atoms with Crippen molar-refractivity contribution < 1.29 is 9.53 Å². The minimum atomic E-state index is 0.0866. The number of nitrogens with one attached hydrogen (secondary N) is 1. The normalized spacial score (nSPS) is 17.1. The van der Waals surface area contributed by atoms with E-state index in [2.05, 4.69) is 29.6 Å². The Morgan fingerprint density at radius 3 is 2.52 bits per heavy atom. The molecular weight excluding hydrogens is 286 g/mol. The number of Topliss-reactive ketones (excluding diaryl/α,β-unsaturated/α-hetero) is 1. The highest BCUT2D eigenvalue weighted by Crippen LogP contribution is 2.16. The molecule has 0 aliphatic carbocycles. The highest BCUT2D eigenvalue weighted by molar-refractivity contribution is 5.84. The van der Waals surface area contributed by atoms with Crippen LogP contribution in [0, 0.1) is 0 Å². The highest BCUT2D eigenvalue weighted by atomic mass is 16.5. The molecular formula is C20H23NO2. The third-order valence-electron chi connectivity index (χ3n) is 4.28. The summed E-state index contributed by atoms with van der Waals surface area (Å²) < 4.78 is 5.78. The lowest BCUT2D eigenvalue weighted by molar-refractivity contribution is -0.120. The van der Waals surface area contributed by atoms with Crippen LogP contribution in [0.2, 0.25) is 0 Å². The van der Waals surface area contributed by atoms with Gasteiger partial charge in [0.25, 0.3) is 0 Å². The van der Waals surface area contributed by atoms with Crippen molar-refractivity contribution in [3.05, 3.63) is 65.7 Å². The van der Waals surface area contributed by atoms with Crippen LogP contribution in [0.15, 0.2) is 54.6 Å². The average molecular weight is 309 g/mol. The van der Waals surface area contributed by atoms with Gasteiger partial charge < -0.3 is 10.1 Å². The summed E-state index contributed by atoms with van der Waals surface area (Å²) in [5.41, 5.74) is 2.34. The fraction of sp³-hybridized carbons (Fsp3) is 0.350. The van der Waals surface area contributed by atoms with Crippen LogP contribution in [0.3, 0.4) is 0 Å². The Labute approximate surface area is 137 Å². The second kappa shape index (κ2) is 7.93. The van der Waals surface area contributed by atoms with Crippen LogP contribution >= 0.6 is 0 Å². The third-order valence-corrected chi connectivity index (χ3v) is 4.28. The van der Waals surface area contributed by atoms with E-state index < -0.39 is 0 Å². The van der Waals surface area contributed by atoms with Gasteiger partial charge in [-0.3, -0.25) is 4.79 Å². The van der Waals surface area contributed by atoms with Crippen LogP contribution < -0.4 is 10.1 Å². The van der Waals surface area contributed by atoms with E-state index in [1.807, 2.05) is 30.3 Å². The molecule has 0 spiro atoms. The van der Waals surface area contributed by atoms with Crippen molar-refractivity contribution in [3.8, 4) is 5.75 Å². The lowest BCUT2D eigenvalue weighted by atomic mass is 10.0. The number of hydrogen-bond donors (Lipinski definition) is 1. The Balaban J connectivity index is 1.46. The zero-order chi connectivity index (χ0) is 15.9.